The Morgan fingerprint density at radius 3 is 2.17 bits per heavy atom. The zero-order valence-electron chi connectivity index (χ0n) is 22.7. The van der Waals surface area contributed by atoms with Crippen molar-refractivity contribution in [2.45, 2.75) is 83.8 Å². The molecule has 0 aliphatic carbocycles. The highest BCUT2D eigenvalue weighted by Gasteiger charge is 2.50. The first-order valence-corrected chi connectivity index (χ1v) is 15.0. The Bertz CT molecular complexity index is 976. The van der Waals surface area contributed by atoms with Gasteiger partial charge in [-0.1, -0.05) is 101 Å². The molecular formula is C31H43NO3Si. The first kappa shape index (κ1) is 28.1. The number of benzene rings is 2. The topological polar surface area (TPSA) is 47.6 Å². The number of hydrogen-bond donors (Lipinski definition) is 1. The third-order valence-electron chi connectivity index (χ3n) is 7.24. The Hall–Kier alpha value is -2.47. The molecule has 2 aromatic rings. The van der Waals surface area contributed by atoms with Gasteiger partial charge >= 0.3 is 0 Å². The Kier molecular flexibility index (Phi) is 9.51. The minimum absolute atomic E-state index is 0.00822. The zero-order chi connectivity index (χ0) is 26.3. The summed E-state index contributed by atoms with van der Waals surface area (Å²) in [5.41, 5.74) is 0. The number of carbonyl (C=O) groups is 1. The maximum atomic E-state index is 12.9. The largest absolute Gasteiger partial charge is 0.401 e. The van der Waals surface area contributed by atoms with Crippen molar-refractivity contribution < 1.29 is 14.0 Å². The molecule has 0 bridgehead atoms. The van der Waals surface area contributed by atoms with Gasteiger partial charge in [-0.2, -0.15) is 0 Å². The van der Waals surface area contributed by atoms with Gasteiger partial charge in [0.2, 0.25) is 5.91 Å². The Balaban J connectivity index is 1.77. The molecule has 0 spiro atoms. The van der Waals surface area contributed by atoms with Gasteiger partial charge in [-0.15, -0.1) is 6.58 Å². The van der Waals surface area contributed by atoms with Crippen LogP contribution in [0, 0.1) is 5.92 Å². The van der Waals surface area contributed by atoms with Gasteiger partial charge in [-0.3, -0.25) is 4.79 Å². The molecule has 1 aliphatic rings. The van der Waals surface area contributed by atoms with E-state index >= 15 is 0 Å². The van der Waals surface area contributed by atoms with E-state index < -0.39 is 8.32 Å². The van der Waals surface area contributed by atoms with E-state index in [1.54, 1.807) is 6.08 Å². The number of amides is 1. The summed E-state index contributed by atoms with van der Waals surface area (Å²) >= 11 is 0. The summed E-state index contributed by atoms with van der Waals surface area (Å²) in [7, 11) is -2.67. The Morgan fingerprint density at radius 2 is 1.67 bits per heavy atom. The summed E-state index contributed by atoms with van der Waals surface area (Å²) in [6.45, 7) is 16.8. The molecule has 3 rings (SSSR count). The predicted octanol–water partition coefficient (Wildman–Crippen LogP) is 5.38. The molecule has 0 aromatic heterocycles. The molecule has 0 saturated carbocycles. The number of hydrogen-bond acceptors (Lipinski definition) is 3. The molecule has 4 nitrogen and oxygen atoms in total. The molecule has 5 atom stereocenters. The molecule has 1 saturated heterocycles. The minimum Gasteiger partial charge on any atom is -0.401 e. The van der Waals surface area contributed by atoms with E-state index in [0.717, 1.165) is 12.8 Å². The molecule has 1 aliphatic heterocycles. The van der Waals surface area contributed by atoms with E-state index in [-0.39, 0.29) is 35.3 Å². The second kappa shape index (κ2) is 12.2. The van der Waals surface area contributed by atoms with Crippen LogP contribution in [0.2, 0.25) is 5.04 Å². The van der Waals surface area contributed by atoms with E-state index in [1.165, 1.54) is 10.4 Å². The van der Waals surface area contributed by atoms with Crippen LogP contribution in [-0.4, -0.2) is 38.6 Å². The van der Waals surface area contributed by atoms with E-state index in [0.29, 0.717) is 5.92 Å². The van der Waals surface area contributed by atoms with Gasteiger partial charge in [0.1, 0.15) is 0 Å². The Labute approximate surface area is 218 Å². The van der Waals surface area contributed by atoms with Gasteiger partial charge in [0.05, 0.1) is 24.4 Å². The van der Waals surface area contributed by atoms with Crippen LogP contribution in [0.25, 0.3) is 0 Å². The van der Waals surface area contributed by atoms with Crippen molar-refractivity contribution in [3.8, 4) is 0 Å². The molecule has 1 fully saturated rings. The zero-order valence-corrected chi connectivity index (χ0v) is 23.7. The van der Waals surface area contributed by atoms with Crippen LogP contribution in [0.4, 0.5) is 0 Å². The highest BCUT2D eigenvalue weighted by Crippen LogP contribution is 2.37. The first-order valence-electron chi connectivity index (χ1n) is 13.1. The van der Waals surface area contributed by atoms with Gasteiger partial charge in [0.15, 0.2) is 0 Å². The quantitative estimate of drug-likeness (QED) is 0.283. The van der Waals surface area contributed by atoms with Crippen molar-refractivity contribution >= 4 is 24.6 Å². The van der Waals surface area contributed by atoms with Crippen molar-refractivity contribution in [3.05, 3.63) is 85.5 Å². The van der Waals surface area contributed by atoms with Gasteiger partial charge in [-0.25, -0.2) is 0 Å². The van der Waals surface area contributed by atoms with Gasteiger partial charge in [-0.05, 0) is 48.0 Å². The maximum Gasteiger partial charge on any atom is 0.261 e. The lowest BCUT2D eigenvalue weighted by Gasteiger charge is -2.44. The number of carbonyl (C=O) groups excluding carboxylic acids is 1. The van der Waals surface area contributed by atoms with E-state index in [2.05, 4.69) is 88.1 Å². The lowest BCUT2D eigenvalue weighted by molar-refractivity contribution is -0.123. The second-order valence-corrected chi connectivity index (χ2v) is 15.3. The summed E-state index contributed by atoms with van der Waals surface area (Å²) in [6.07, 6.45) is 7.04. The molecule has 0 radical (unpaired) electrons. The van der Waals surface area contributed by atoms with Crippen LogP contribution in [0.15, 0.2) is 85.5 Å². The molecule has 1 amide bonds. The highest BCUT2D eigenvalue weighted by atomic mass is 28.4. The monoisotopic (exact) mass is 505 g/mol. The van der Waals surface area contributed by atoms with Crippen molar-refractivity contribution in [3.63, 3.8) is 0 Å². The predicted molar refractivity (Wildman–Crippen MR) is 152 cm³/mol. The standard InChI is InChI=1S/C31H43NO3Si/c1-8-15-29-23(2)22-28(25(4)34-29)32-30(33)21-20-24(3)35-36(31(5,6)7,26-16-11-9-12-17-26)27-18-13-10-14-19-27/h8-14,16-21,23-25,28-29H,1,15,22H2,2-7H3,(H,32,33)/b21-20-/t23-,24-,25+,28+,29-/m0/s1. The molecular weight excluding hydrogens is 462 g/mol. The summed E-state index contributed by atoms with van der Waals surface area (Å²) < 4.78 is 13.2. The van der Waals surface area contributed by atoms with Crippen LogP contribution in [0.1, 0.15) is 54.4 Å². The van der Waals surface area contributed by atoms with E-state index in [1.807, 2.05) is 38.1 Å². The summed E-state index contributed by atoms with van der Waals surface area (Å²) in [5.74, 6) is 0.258. The molecule has 1 N–H and O–H groups in total. The summed E-state index contributed by atoms with van der Waals surface area (Å²) in [5, 5.41) is 5.49. The average Bonchev–Trinajstić information content (AvgIpc) is 2.85. The summed E-state index contributed by atoms with van der Waals surface area (Å²) in [6, 6.07) is 21.1. The lowest BCUT2D eigenvalue weighted by atomic mass is 9.88. The molecule has 2 aromatic carbocycles. The van der Waals surface area contributed by atoms with Crippen LogP contribution in [-0.2, 0) is 14.0 Å². The SMILES string of the molecule is C=CC[C@@H]1O[C@H](C)[C@H](NC(=O)/C=C\[C@H](C)O[Si](c2ccccc2)(c2ccccc2)C(C)(C)C)C[C@@H]1C. The second-order valence-electron chi connectivity index (χ2n) is 11.1. The average molecular weight is 506 g/mol. The summed E-state index contributed by atoms with van der Waals surface area (Å²) in [4.78, 5) is 12.9. The Morgan fingerprint density at radius 1 is 1.11 bits per heavy atom. The van der Waals surface area contributed by atoms with Crippen molar-refractivity contribution in [2.75, 3.05) is 0 Å². The van der Waals surface area contributed by atoms with Crippen LogP contribution < -0.4 is 15.7 Å². The maximum absolute atomic E-state index is 12.9. The fourth-order valence-electron chi connectivity index (χ4n) is 5.34. The highest BCUT2D eigenvalue weighted by molar-refractivity contribution is 6.99. The normalized spacial score (nSPS) is 23.8. The van der Waals surface area contributed by atoms with Crippen LogP contribution in [0.3, 0.4) is 0 Å². The molecule has 0 unspecified atom stereocenters. The van der Waals surface area contributed by atoms with Crippen molar-refractivity contribution in [1.82, 2.24) is 5.32 Å². The lowest BCUT2D eigenvalue weighted by Crippen LogP contribution is -2.67. The van der Waals surface area contributed by atoms with Gasteiger partial charge in [0.25, 0.3) is 8.32 Å². The van der Waals surface area contributed by atoms with Crippen LogP contribution in [0.5, 0.6) is 0 Å². The first-order chi connectivity index (χ1) is 17.1. The fourth-order valence-corrected chi connectivity index (χ4v) is 9.99. The van der Waals surface area contributed by atoms with E-state index in [9.17, 15) is 4.79 Å². The van der Waals surface area contributed by atoms with Gasteiger partial charge in [0, 0.05) is 6.08 Å². The number of ether oxygens (including phenoxy) is 1. The molecule has 1 heterocycles. The molecule has 5 heteroatoms. The van der Waals surface area contributed by atoms with E-state index in [4.69, 9.17) is 9.16 Å². The van der Waals surface area contributed by atoms with Crippen molar-refractivity contribution in [1.29, 1.82) is 0 Å². The molecule has 36 heavy (non-hydrogen) atoms. The van der Waals surface area contributed by atoms with Crippen LogP contribution >= 0.6 is 0 Å². The fraction of sp³-hybridized carbons (Fsp3) is 0.452. The smallest absolute Gasteiger partial charge is 0.261 e. The molecule has 194 valence electrons. The third kappa shape index (κ3) is 6.44. The minimum atomic E-state index is -2.67. The third-order valence-corrected chi connectivity index (χ3v) is 12.4. The number of nitrogens with one attached hydrogen (secondary N) is 1. The van der Waals surface area contributed by atoms with Gasteiger partial charge < -0.3 is 14.5 Å². The van der Waals surface area contributed by atoms with Crippen molar-refractivity contribution in [2.24, 2.45) is 5.92 Å². The number of rotatable bonds is 9.